The van der Waals surface area contributed by atoms with Crippen molar-refractivity contribution in [3.05, 3.63) is 54.6 Å². The Morgan fingerprint density at radius 3 is 1.32 bits per heavy atom. The molecule has 206 valence electrons. The summed E-state index contributed by atoms with van der Waals surface area (Å²) < 4.78 is 0. The average molecular weight is 507 g/mol. The molecule has 0 radical (unpaired) electrons. The molecule has 1 amide bonds. The zero-order chi connectivity index (χ0) is 26.2. The molecule has 0 heterocycles. The van der Waals surface area contributed by atoms with E-state index in [1.54, 1.807) is 0 Å². The topological polar surface area (TPSA) is 41.1 Å². The van der Waals surface area contributed by atoms with Crippen LogP contribution >= 0.6 is 0 Å². The number of anilines is 3. The Bertz CT molecular complexity index is 787. The summed E-state index contributed by atoms with van der Waals surface area (Å²) >= 11 is 0. The van der Waals surface area contributed by atoms with Crippen LogP contribution in [0, 0.1) is 0 Å². The fourth-order valence-corrected chi connectivity index (χ4v) is 4.91. The van der Waals surface area contributed by atoms with Crippen molar-refractivity contribution in [2.24, 2.45) is 0 Å². The van der Waals surface area contributed by atoms with E-state index in [9.17, 15) is 4.79 Å². The third-order valence-electron chi connectivity index (χ3n) is 7.24. The quantitative estimate of drug-likeness (QED) is 0.147. The van der Waals surface area contributed by atoms with Crippen LogP contribution in [0.4, 0.5) is 17.1 Å². The second-order valence-electron chi connectivity index (χ2n) is 10.7. The van der Waals surface area contributed by atoms with E-state index >= 15 is 0 Å². The first kappa shape index (κ1) is 30.9. The normalized spacial score (nSPS) is 10.9. The fourth-order valence-electron chi connectivity index (χ4n) is 4.91. The number of hydrogen-bond acceptors (Lipinski definition) is 2. The molecule has 2 rings (SSSR count). The van der Waals surface area contributed by atoms with Gasteiger partial charge in [-0.15, -0.1) is 0 Å². The first-order valence-electron chi connectivity index (χ1n) is 15.5. The van der Waals surface area contributed by atoms with Gasteiger partial charge in [0, 0.05) is 23.5 Å². The van der Waals surface area contributed by atoms with Crippen LogP contribution in [0.5, 0.6) is 0 Å². The number of amides is 1. The van der Waals surface area contributed by atoms with Crippen molar-refractivity contribution in [3.8, 4) is 0 Å². The van der Waals surface area contributed by atoms with Crippen molar-refractivity contribution < 1.29 is 4.79 Å². The monoisotopic (exact) mass is 506 g/mol. The molecule has 2 aromatic rings. The maximum Gasteiger partial charge on any atom is 0.224 e. The molecular formula is C34H54N2O. The van der Waals surface area contributed by atoms with Gasteiger partial charge in [0.25, 0.3) is 0 Å². The number of unbranched alkanes of at least 4 members (excludes halogenated alkanes) is 18. The van der Waals surface area contributed by atoms with Crippen LogP contribution in [0.25, 0.3) is 0 Å². The Balaban J connectivity index is 1.33. The predicted octanol–water partition coefficient (Wildman–Crippen LogP) is 11.2. The second kappa shape index (κ2) is 21.8. The molecule has 0 aliphatic heterocycles. The van der Waals surface area contributed by atoms with E-state index in [1.807, 2.05) is 54.6 Å². The molecule has 0 atom stereocenters. The smallest absolute Gasteiger partial charge is 0.224 e. The van der Waals surface area contributed by atoms with Gasteiger partial charge in [-0.3, -0.25) is 4.79 Å². The summed E-state index contributed by atoms with van der Waals surface area (Å²) in [5.41, 5.74) is 2.94. The molecule has 3 heteroatoms. The molecule has 0 aliphatic rings. The summed E-state index contributed by atoms with van der Waals surface area (Å²) in [4.78, 5) is 12.2. The van der Waals surface area contributed by atoms with E-state index in [0.29, 0.717) is 6.42 Å². The molecule has 2 aromatic carbocycles. The summed E-state index contributed by atoms with van der Waals surface area (Å²) in [6.45, 7) is 2.29. The summed E-state index contributed by atoms with van der Waals surface area (Å²) in [6.07, 6.45) is 26.7. The van der Waals surface area contributed by atoms with Crippen LogP contribution in [-0.2, 0) is 4.79 Å². The van der Waals surface area contributed by atoms with E-state index in [-0.39, 0.29) is 5.91 Å². The molecule has 0 aromatic heterocycles. The summed E-state index contributed by atoms with van der Waals surface area (Å²) in [5, 5.41) is 6.39. The second-order valence-corrected chi connectivity index (χ2v) is 10.7. The van der Waals surface area contributed by atoms with Crippen molar-refractivity contribution in [3.63, 3.8) is 0 Å². The van der Waals surface area contributed by atoms with Crippen LogP contribution in [0.1, 0.15) is 135 Å². The molecule has 2 N–H and O–H groups in total. The van der Waals surface area contributed by atoms with Crippen molar-refractivity contribution in [2.75, 3.05) is 10.6 Å². The minimum Gasteiger partial charge on any atom is -0.356 e. The minimum atomic E-state index is 0.121. The Morgan fingerprint density at radius 2 is 0.865 bits per heavy atom. The van der Waals surface area contributed by atoms with Crippen molar-refractivity contribution >= 4 is 23.0 Å². The largest absolute Gasteiger partial charge is 0.356 e. The number of carbonyl (C=O) groups is 1. The van der Waals surface area contributed by atoms with E-state index in [1.165, 1.54) is 109 Å². The third kappa shape index (κ3) is 17.0. The van der Waals surface area contributed by atoms with Gasteiger partial charge in [-0.25, -0.2) is 0 Å². The van der Waals surface area contributed by atoms with Crippen LogP contribution in [0.2, 0.25) is 0 Å². The van der Waals surface area contributed by atoms with Gasteiger partial charge >= 0.3 is 0 Å². The number of benzene rings is 2. The van der Waals surface area contributed by atoms with E-state index < -0.39 is 0 Å². The summed E-state index contributed by atoms with van der Waals surface area (Å²) in [6, 6.07) is 18.0. The Hall–Kier alpha value is -2.29. The van der Waals surface area contributed by atoms with Crippen LogP contribution in [-0.4, -0.2) is 5.91 Å². The predicted molar refractivity (Wildman–Crippen MR) is 163 cm³/mol. The zero-order valence-electron chi connectivity index (χ0n) is 23.7. The van der Waals surface area contributed by atoms with Gasteiger partial charge in [0.05, 0.1) is 0 Å². The zero-order valence-corrected chi connectivity index (χ0v) is 23.7. The van der Waals surface area contributed by atoms with Gasteiger partial charge in [0.15, 0.2) is 0 Å². The van der Waals surface area contributed by atoms with Crippen molar-refractivity contribution in [1.82, 2.24) is 0 Å². The highest BCUT2D eigenvalue weighted by molar-refractivity contribution is 5.90. The first-order valence-corrected chi connectivity index (χ1v) is 15.5. The molecule has 0 unspecified atom stereocenters. The van der Waals surface area contributed by atoms with Crippen molar-refractivity contribution in [1.29, 1.82) is 0 Å². The number of para-hydroxylation sites is 1. The average Bonchev–Trinajstić information content (AvgIpc) is 2.92. The molecule has 0 fully saturated rings. The highest BCUT2D eigenvalue weighted by Crippen LogP contribution is 2.19. The summed E-state index contributed by atoms with van der Waals surface area (Å²) in [7, 11) is 0. The lowest BCUT2D eigenvalue weighted by Gasteiger charge is -2.09. The lowest BCUT2D eigenvalue weighted by atomic mass is 10.0. The van der Waals surface area contributed by atoms with E-state index in [0.717, 1.165) is 29.9 Å². The molecule has 3 nitrogen and oxygen atoms in total. The SMILES string of the molecule is CCCCCCCCCCCCCCCCCCCCCC(=O)Nc1ccc(Nc2ccccc2)cc1. The molecule has 0 bridgehead atoms. The van der Waals surface area contributed by atoms with Gasteiger partial charge in [-0.05, 0) is 42.8 Å². The number of carbonyl (C=O) groups excluding carboxylic acids is 1. The molecule has 0 spiro atoms. The number of hydrogen-bond donors (Lipinski definition) is 2. The number of nitrogens with one attached hydrogen (secondary N) is 2. The van der Waals surface area contributed by atoms with E-state index in [2.05, 4.69) is 17.6 Å². The van der Waals surface area contributed by atoms with Crippen LogP contribution in [0.15, 0.2) is 54.6 Å². The van der Waals surface area contributed by atoms with Gasteiger partial charge in [0.1, 0.15) is 0 Å². The highest BCUT2D eigenvalue weighted by Gasteiger charge is 2.03. The Labute approximate surface area is 228 Å². The maximum absolute atomic E-state index is 12.2. The van der Waals surface area contributed by atoms with Gasteiger partial charge in [0.2, 0.25) is 5.91 Å². The molecule has 37 heavy (non-hydrogen) atoms. The van der Waals surface area contributed by atoms with Gasteiger partial charge in [-0.1, -0.05) is 141 Å². The standard InChI is InChI=1S/C34H54N2O/c1-2-3-4-5-6-7-8-9-10-11-12-13-14-15-16-17-18-19-23-26-34(37)36-33-29-27-32(28-30-33)35-31-24-21-20-22-25-31/h20-22,24-25,27-30,35H,2-19,23,26H2,1H3,(H,36,37). The fraction of sp³-hybridized carbons (Fsp3) is 0.618. The molecule has 0 saturated heterocycles. The molecule has 0 aliphatic carbocycles. The Kier molecular flexibility index (Phi) is 18.2. The van der Waals surface area contributed by atoms with E-state index in [4.69, 9.17) is 0 Å². The maximum atomic E-state index is 12.2. The van der Waals surface area contributed by atoms with Gasteiger partial charge < -0.3 is 10.6 Å². The molecular weight excluding hydrogens is 452 g/mol. The van der Waals surface area contributed by atoms with Crippen LogP contribution < -0.4 is 10.6 Å². The van der Waals surface area contributed by atoms with Crippen LogP contribution in [0.3, 0.4) is 0 Å². The number of rotatable bonds is 23. The van der Waals surface area contributed by atoms with Crippen molar-refractivity contribution in [2.45, 2.75) is 135 Å². The van der Waals surface area contributed by atoms with Gasteiger partial charge in [-0.2, -0.15) is 0 Å². The Morgan fingerprint density at radius 1 is 0.486 bits per heavy atom. The highest BCUT2D eigenvalue weighted by atomic mass is 16.1. The lowest BCUT2D eigenvalue weighted by Crippen LogP contribution is -2.10. The first-order chi connectivity index (χ1) is 18.3. The minimum absolute atomic E-state index is 0.121. The molecule has 0 saturated carbocycles. The third-order valence-corrected chi connectivity index (χ3v) is 7.24. The summed E-state index contributed by atoms with van der Waals surface area (Å²) in [5.74, 6) is 0.121. The lowest BCUT2D eigenvalue weighted by molar-refractivity contribution is -0.116.